The third-order valence-corrected chi connectivity index (χ3v) is 4.57. The van der Waals surface area contributed by atoms with Gasteiger partial charge in [0.15, 0.2) is 0 Å². The summed E-state index contributed by atoms with van der Waals surface area (Å²) in [5, 5.41) is 14.5. The second-order valence-electron chi connectivity index (χ2n) is 5.52. The Bertz CT molecular complexity index is 1020. The molecule has 3 aromatic rings. The van der Waals surface area contributed by atoms with Gasteiger partial charge < -0.3 is 5.32 Å². The molecule has 0 saturated heterocycles. The van der Waals surface area contributed by atoms with Gasteiger partial charge in [0.1, 0.15) is 22.5 Å². The first-order chi connectivity index (χ1) is 12.6. The van der Waals surface area contributed by atoms with E-state index in [4.69, 9.17) is 0 Å². The summed E-state index contributed by atoms with van der Waals surface area (Å²) < 4.78 is 13.0. The van der Waals surface area contributed by atoms with Gasteiger partial charge in [-0.05, 0) is 48.9 Å². The molecule has 0 saturated carbocycles. The van der Waals surface area contributed by atoms with E-state index in [2.05, 4.69) is 10.3 Å². The topological polar surface area (TPSA) is 65.8 Å². The number of thiazole rings is 1. The standard InChI is InChI=1S/C20H14FN3OS/c1-13-4-2-3-5-18(13)24-19(25)15(11-22)10-17-12-26-20(23-17)14-6-8-16(21)9-7-14/h2-10,12H,1H3,(H,24,25)/b15-10+. The molecule has 0 aliphatic heterocycles. The number of benzene rings is 2. The Morgan fingerprint density at radius 1 is 1.23 bits per heavy atom. The molecule has 0 atom stereocenters. The van der Waals surface area contributed by atoms with Crippen molar-refractivity contribution in [3.63, 3.8) is 0 Å². The first kappa shape index (κ1) is 17.5. The summed E-state index contributed by atoms with van der Waals surface area (Å²) in [5.41, 5.74) is 2.81. The Kier molecular flexibility index (Phi) is 5.20. The zero-order valence-electron chi connectivity index (χ0n) is 13.9. The van der Waals surface area contributed by atoms with Crippen molar-refractivity contribution < 1.29 is 9.18 Å². The number of anilines is 1. The van der Waals surface area contributed by atoms with Gasteiger partial charge in [-0.3, -0.25) is 4.79 Å². The van der Waals surface area contributed by atoms with Gasteiger partial charge >= 0.3 is 0 Å². The number of amides is 1. The van der Waals surface area contributed by atoms with Crippen LogP contribution in [0, 0.1) is 24.1 Å². The summed E-state index contributed by atoms with van der Waals surface area (Å²) >= 11 is 1.36. The van der Waals surface area contributed by atoms with Gasteiger partial charge in [0.2, 0.25) is 0 Å². The number of carbonyl (C=O) groups excluding carboxylic acids is 1. The molecule has 1 N–H and O–H groups in total. The number of carbonyl (C=O) groups is 1. The highest BCUT2D eigenvalue weighted by Gasteiger charge is 2.12. The summed E-state index contributed by atoms with van der Waals surface area (Å²) in [7, 11) is 0. The van der Waals surface area contributed by atoms with Crippen molar-refractivity contribution in [1.29, 1.82) is 5.26 Å². The maximum Gasteiger partial charge on any atom is 0.266 e. The molecule has 3 rings (SSSR count). The Hall–Kier alpha value is -3.30. The van der Waals surface area contributed by atoms with Crippen LogP contribution in [0.2, 0.25) is 0 Å². The van der Waals surface area contributed by atoms with Crippen molar-refractivity contribution in [2.24, 2.45) is 0 Å². The number of nitrogens with zero attached hydrogens (tertiary/aromatic N) is 2. The largest absolute Gasteiger partial charge is 0.321 e. The maximum atomic E-state index is 13.0. The molecule has 0 fully saturated rings. The fourth-order valence-corrected chi connectivity index (χ4v) is 3.06. The maximum absolute atomic E-state index is 13.0. The highest BCUT2D eigenvalue weighted by molar-refractivity contribution is 7.13. The molecule has 0 aliphatic rings. The number of hydrogen-bond acceptors (Lipinski definition) is 4. The van der Waals surface area contributed by atoms with Crippen molar-refractivity contribution in [2.45, 2.75) is 6.92 Å². The lowest BCUT2D eigenvalue weighted by Crippen LogP contribution is -2.14. The van der Waals surface area contributed by atoms with Gasteiger partial charge in [0.25, 0.3) is 5.91 Å². The first-order valence-electron chi connectivity index (χ1n) is 7.77. The van der Waals surface area contributed by atoms with E-state index in [1.165, 1.54) is 29.5 Å². The third-order valence-electron chi connectivity index (χ3n) is 3.66. The van der Waals surface area contributed by atoms with Crippen molar-refractivity contribution >= 4 is 29.0 Å². The molecular weight excluding hydrogens is 349 g/mol. The zero-order valence-corrected chi connectivity index (χ0v) is 14.7. The van der Waals surface area contributed by atoms with E-state index in [1.54, 1.807) is 23.6 Å². The number of rotatable bonds is 4. The van der Waals surface area contributed by atoms with Gasteiger partial charge in [0.05, 0.1) is 5.69 Å². The molecule has 1 heterocycles. The number of hydrogen-bond donors (Lipinski definition) is 1. The van der Waals surface area contributed by atoms with E-state index < -0.39 is 5.91 Å². The lowest BCUT2D eigenvalue weighted by atomic mass is 10.1. The molecule has 2 aromatic carbocycles. The monoisotopic (exact) mass is 363 g/mol. The normalized spacial score (nSPS) is 11.0. The van der Waals surface area contributed by atoms with E-state index in [1.807, 2.05) is 31.2 Å². The Morgan fingerprint density at radius 3 is 2.65 bits per heavy atom. The number of nitriles is 1. The summed E-state index contributed by atoms with van der Waals surface area (Å²) in [4.78, 5) is 16.7. The minimum Gasteiger partial charge on any atom is -0.321 e. The number of halogens is 1. The van der Waals surface area contributed by atoms with Crippen LogP contribution in [-0.2, 0) is 4.79 Å². The number of para-hydroxylation sites is 1. The summed E-state index contributed by atoms with van der Waals surface area (Å²) in [6.45, 7) is 1.88. The van der Waals surface area contributed by atoms with E-state index >= 15 is 0 Å². The van der Waals surface area contributed by atoms with Crippen LogP contribution < -0.4 is 5.32 Å². The molecule has 0 aliphatic carbocycles. The summed E-state index contributed by atoms with van der Waals surface area (Å²) in [6, 6.07) is 15.2. The van der Waals surface area contributed by atoms with Crippen LogP contribution in [0.1, 0.15) is 11.3 Å². The van der Waals surface area contributed by atoms with Gasteiger partial charge in [-0.25, -0.2) is 9.37 Å². The lowest BCUT2D eigenvalue weighted by Gasteiger charge is -2.06. The highest BCUT2D eigenvalue weighted by Crippen LogP contribution is 2.25. The number of aryl methyl sites for hydroxylation is 1. The summed E-state index contributed by atoms with van der Waals surface area (Å²) in [5.74, 6) is -0.803. The zero-order chi connectivity index (χ0) is 18.5. The Balaban J connectivity index is 1.81. The predicted molar refractivity (Wildman–Crippen MR) is 101 cm³/mol. The van der Waals surface area contributed by atoms with Gasteiger partial charge in [-0.15, -0.1) is 11.3 Å². The second-order valence-corrected chi connectivity index (χ2v) is 6.38. The molecule has 1 amide bonds. The van der Waals surface area contributed by atoms with Crippen LogP contribution in [-0.4, -0.2) is 10.9 Å². The van der Waals surface area contributed by atoms with Crippen LogP contribution in [0.3, 0.4) is 0 Å². The van der Waals surface area contributed by atoms with Crippen LogP contribution in [0.25, 0.3) is 16.6 Å². The van der Waals surface area contributed by atoms with E-state index in [0.717, 1.165) is 11.1 Å². The number of aromatic nitrogens is 1. The van der Waals surface area contributed by atoms with E-state index in [0.29, 0.717) is 16.4 Å². The molecule has 0 radical (unpaired) electrons. The predicted octanol–water partition coefficient (Wildman–Crippen LogP) is 4.80. The fraction of sp³-hybridized carbons (Fsp3) is 0.0500. The first-order valence-corrected chi connectivity index (χ1v) is 8.65. The van der Waals surface area contributed by atoms with Crippen molar-refractivity contribution in [3.05, 3.63) is 76.6 Å². The Morgan fingerprint density at radius 2 is 1.96 bits per heavy atom. The van der Waals surface area contributed by atoms with Crippen LogP contribution in [0.15, 0.2) is 59.5 Å². The molecular formula is C20H14FN3OS. The van der Waals surface area contributed by atoms with Gasteiger partial charge in [-0.1, -0.05) is 18.2 Å². The van der Waals surface area contributed by atoms with Crippen LogP contribution >= 0.6 is 11.3 Å². The second kappa shape index (κ2) is 7.72. The third kappa shape index (κ3) is 4.02. The van der Waals surface area contributed by atoms with Crippen molar-refractivity contribution in [2.75, 3.05) is 5.32 Å². The van der Waals surface area contributed by atoms with Gasteiger partial charge in [0, 0.05) is 16.6 Å². The minimum absolute atomic E-state index is 0.0378. The lowest BCUT2D eigenvalue weighted by molar-refractivity contribution is -0.112. The van der Waals surface area contributed by atoms with Gasteiger partial charge in [-0.2, -0.15) is 5.26 Å². The van der Waals surface area contributed by atoms with Crippen LogP contribution in [0.5, 0.6) is 0 Å². The molecule has 0 unspecified atom stereocenters. The van der Waals surface area contributed by atoms with Crippen LogP contribution in [0.4, 0.5) is 10.1 Å². The minimum atomic E-state index is -0.488. The molecule has 26 heavy (non-hydrogen) atoms. The molecule has 6 heteroatoms. The SMILES string of the molecule is Cc1ccccc1NC(=O)/C(C#N)=C/c1csc(-c2ccc(F)cc2)n1. The Labute approximate surface area is 154 Å². The van der Waals surface area contributed by atoms with E-state index in [9.17, 15) is 14.4 Å². The summed E-state index contributed by atoms with van der Waals surface area (Å²) in [6.07, 6.45) is 1.44. The molecule has 0 spiro atoms. The van der Waals surface area contributed by atoms with Crippen molar-refractivity contribution in [3.8, 4) is 16.6 Å². The van der Waals surface area contributed by atoms with Crippen molar-refractivity contribution in [1.82, 2.24) is 4.98 Å². The molecule has 1 aromatic heterocycles. The average molecular weight is 363 g/mol. The molecule has 4 nitrogen and oxygen atoms in total. The molecule has 0 bridgehead atoms. The van der Waals surface area contributed by atoms with E-state index in [-0.39, 0.29) is 11.4 Å². The number of nitrogens with one attached hydrogen (secondary N) is 1. The fourth-order valence-electron chi connectivity index (χ4n) is 2.28. The average Bonchev–Trinajstić information content (AvgIpc) is 3.10. The smallest absolute Gasteiger partial charge is 0.266 e. The quantitative estimate of drug-likeness (QED) is 0.535. The highest BCUT2D eigenvalue weighted by atomic mass is 32.1. The molecule has 128 valence electrons.